The topological polar surface area (TPSA) is 108 Å². The molecule has 0 heterocycles. The summed E-state index contributed by atoms with van der Waals surface area (Å²) < 4.78 is 22.7. The van der Waals surface area contributed by atoms with Gasteiger partial charge in [-0.1, -0.05) is 168 Å². The number of carbonyl (C=O) groups is 3. The third kappa shape index (κ3) is 47.7. The first-order valence-electron chi connectivity index (χ1n) is 25.1. The summed E-state index contributed by atoms with van der Waals surface area (Å²) >= 11 is 0. The lowest BCUT2D eigenvalue weighted by Gasteiger charge is -2.25. The molecule has 9 nitrogen and oxygen atoms in total. The van der Waals surface area contributed by atoms with E-state index >= 15 is 0 Å². The van der Waals surface area contributed by atoms with Crippen LogP contribution in [0, 0.1) is 0 Å². The zero-order valence-electron chi connectivity index (χ0n) is 41.6. The lowest BCUT2D eigenvalue weighted by Crippen LogP contribution is -2.40. The van der Waals surface area contributed by atoms with Crippen molar-refractivity contribution in [3.8, 4) is 0 Å². The van der Waals surface area contributed by atoms with Crippen molar-refractivity contribution in [3.63, 3.8) is 0 Å². The van der Waals surface area contributed by atoms with E-state index in [1.54, 1.807) is 0 Å². The van der Waals surface area contributed by atoms with Crippen LogP contribution >= 0.6 is 0 Å². The molecule has 65 heavy (non-hydrogen) atoms. The Morgan fingerprint density at radius 2 is 0.892 bits per heavy atom. The highest BCUT2D eigenvalue weighted by Crippen LogP contribution is 2.12. The van der Waals surface area contributed by atoms with Gasteiger partial charge in [0.2, 0.25) is 0 Å². The van der Waals surface area contributed by atoms with Gasteiger partial charge in [0.05, 0.1) is 34.4 Å². The van der Waals surface area contributed by atoms with Crippen LogP contribution in [0.4, 0.5) is 0 Å². The number of esters is 2. The summed E-state index contributed by atoms with van der Waals surface area (Å²) in [6, 6.07) is 0. The first kappa shape index (κ1) is 60.9. The zero-order valence-corrected chi connectivity index (χ0v) is 41.6. The number of likely N-dealkylation sites (N-methyl/N-ethyl adjacent to an activating group) is 1. The van der Waals surface area contributed by atoms with Crippen LogP contribution in [-0.4, -0.2) is 87.4 Å². The molecule has 0 aliphatic rings. The van der Waals surface area contributed by atoms with E-state index in [1.165, 1.54) is 44.9 Å². The summed E-state index contributed by atoms with van der Waals surface area (Å²) in [6.07, 6.45) is 60.1. The summed E-state index contributed by atoms with van der Waals surface area (Å²) in [5.74, 6) is -2.11. The molecule has 368 valence electrons. The summed E-state index contributed by atoms with van der Waals surface area (Å²) in [5.41, 5.74) is 0. The van der Waals surface area contributed by atoms with Gasteiger partial charge in [-0.05, 0) is 96.3 Å². The predicted octanol–water partition coefficient (Wildman–Crippen LogP) is 14.0. The third-order valence-corrected chi connectivity index (χ3v) is 10.0. The van der Waals surface area contributed by atoms with Gasteiger partial charge in [0.15, 0.2) is 6.10 Å². The number of carboxylic acid groups (broad SMARTS) is 1. The maximum absolute atomic E-state index is 12.8. The molecule has 0 aromatic heterocycles. The number of ether oxygens (including phenoxy) is 4. The summed E-state index contributed by atoms with van der Waals surface area (Å²) in [6.45, 7) is 4.63. The monoisotopic (exact) mass is 907 g/mol. The number of allylic oxidation sites excluding steroid dienone is 18. The first-order valence-corrected chi connectivity index (χ1v) is 25.1. The molecule has 2 atom stereocenters. The summed E-state index contributed by atoms with van der Waals surface area (Å²) in [5, 5.41) is 9.66. The lowest BCUT2D eigenvalue weighted by molar-refractivity contribution is -0.870. The Kier molecular flexibility index (Phi) is 43.6. The molecule has 0 radical (unpaired) electrons. The Morgan fingerprint density at radius 3 is 1.35 bits per heavy atom. The van der Waals surface area contributed by atoms with Gasteiger partial charge in [-0.3, -0.25) is 9.59 Å². The molecular weight excluding hydrogens is 815 g/mol. The van der Waals surface area contributed by atoms with Crippen LogP contribution in [-0.2, 0) is 33.3 Å². The predicted molar refractivity (Wildman–Crippen MR) is 271 cm³/mol. The van der Waals surface area contributed by atoms with Gasteiger partial charge in [0.1, 0.15) is 13.2 Å². The zero-order chi connectivity index (χ0) is 47.7. The van der Waals surface area contributed by atoms with E-state index < -0.39 is 24.3 Å². The Morgan fingerprint density at radius 1 is 0.477 bits per heavy atom. The van der Waals surface area contributed by atoms with Crippen molar-refractivity contribution in [1.82, 2.24) is 0 Å². The highest BCUT2D eigenvalue weighted by Gasteiger charge is 2.25. The molecular formula is C56H92NO8+. The molecule has 0 saturated carbocycles. The van der Waals surface area contributed by atoms with Crippen molar-refractivity contribution in [2.75, 3.05) is 47.5 Å². The van der Waals surface area contributed by atoms with Crippen molar-refractivity contribution < 1.29 is 42.9 Å². The Labute approximate surface area is 396 Å². The maximum Gasteiger partial charge on any atom is 0.361 e. The smallest absolute Gasteiger partial charge is 0.361 e. The minimum Gasteiger partial charge on any atom is -0.477 e. The lowest BCUT2D eigenvalue weighted by atomic mass is 10.1. The molecule has 1 N–H and O–H groups in total. The van der Waals surface area contributed by atoms with E-state index in [0.29, 0.717) is 23.9 Å². The van der Waals surface area contributed by atoms with Crippen molar-refractivity contribution in [2.45, 2.75) is 180 Å². The number of carbonyl (C=O) groups excluding carboxylic acids is 2. The largest absolute Gasteiger partial charge is 0.477 e. The van der Waals surface area contributed by atoms with E-state index in [4.69, 9.17) is 18.9 Å². The average Bonchev–Trinajstić information content (AvgIpc) is 3.27. The van der Waals surface area contributed by atoms with Crippen molar-refractivity contribution in [2.24, 2.45) is 0 Å². The normalized spacial score (nSPS) is 13.8. The quantitative estimate of drug-likeness (QED) is 0.0212. The molecule has 0 aromatic rings. The average molecular weight is 907 g/mol. The number of rotatable bonds is 44. The van der Waals surface area contributed by atoms with Crippen molar-refractivity contribution in [1.29, 1.82) is 0 Å². The van der Waals surface area contributed by atoms with E-state index in [0.717, 1.165) is 83.5 Å². The molecule has 0 spiro atoms. The highest BCUT2D eigenvalue weighted by atomic mass is 16.7. The van der Waals surface area contributed by atoms with E-state index in [2.05, 4.69) is 123 Å². The highest BCUT2D eigenvalue weighted by molar-refractivity contribution is 5.71. The maximum atomic E-state index is 12.8. The minimum absolute atomic E-state index is 0.169. The van der Waals surface area contributed by atoms with Crippen LogP contribution in [0.2, 0.25) is 0 Å². The molecule has 0 aromatic carbocycles. The van der Waals surface area contributed by atoms with Gasteiger partial charge in [-0.2, -0.15) is 0 Å². The second-order valence-corrected chi connectivity index (χ2v) is 17.4. The van der Waals surface area contributed by atoms with Crippen LogP contribution in [0.1, 0.15) is 168 Å². The SMILES string of the molecule is CC/C=C\C/C=C\C/C=C\C/C=C\C/C=C\C/C=C\C/C=C\CCCC(=O)OC(COC(=O)CCCCCCCCC/C=C\C/C=C\CCCCC)COC(OCC[N+](C)(C)C)C(=O)O. The molecule has 0 aliphatic heterocycles. The summed E-state index contributed by atoms with van der Waals surface area (Å²) in [7, 11) is 5.93. The molecule has 2 unspecified atom stereocenters. The Bertz CT molecular complexity index is 1430. The number of quaternary nitrogens is 1. The molecule has 0 fully saturated rings. The number of carboxylic acids is 1. The molecule has 0 bridgehead atoms. The number of aliphatic carboxylic acids is 1. The summed E-state index contributed by atoms with van der Waals surface area (Å²) in [4.78, 5) is 37.2. The fourth-order valence-corrected chi connectivity index (χ4v) is 6.15. The van der Waals surface area contributed by atoms with Crippen LogP contribution in [0.3, 0.4) is 0 Å². The second kappa shape index (κ2) is 46.5. The number of hydrogen-bond acceptors (Lipinski definition) is 7. The van der Waals surface area contributed by atoms with Crippen molar-refractivity contribution >= 4 is 17.9 Å². The second-order valence-electron chi connectivity index (χ2n) is 17.4. The van der Waals surface area contributed by atoms with E-state index in [9.17, 15) is 19.5 Å². The molecule has 0 rings (SSSR count). The van der Waals surface area contributed by atoms with Gasteiger partial charge in [0.25, 0.3) is 6.29 Å². The number of unbranched alkanes of at least 4 members (excludes halogenated alkanes) is 11. The van der Waals surface area contributed by atoms with E-state index in [-0.39, 0.29) is 38.6 Å². The van der Waals surface area contributed by atoms with Crippen LogP contribution in [0.15, 0.2) is 109 Å². The van der Waals surface area contributed by atoms with Crippen LogP contribution in [0.25, 0.3) is 0 Å². The van der Waals surface area contributed by atoms with Gasteiger partial charge in [-0.25, -0.2) is 4.79 Å². The number of nitrogens with zero attached hydrogens (tertiary/aromatic N) is 1. The first-order chi connectivity index (χ1) is 31.6. The van der Waals surface area contributed by atoms with E-state index in [1.807, 2.05) is 21.1 Å². The molecule has 9 heteroatoms. The van der Waals surface area contributed by atoms with Crippen LogP contribution < -0.4 is 0 Å². The number of hydrogen-bond donors (Lipinski definition) is 1. The van der Waals surface area contributed by atoms with Crippen LogP contribution in [0.5, 0.6) is 0 Å². The van der Waals surface area contributed by atoms with Gasteiger partial charge in [0, 0.05) is 12.8 Å². The fourth-order valence-electron chi connectivity index (χ4n) is 6.15. The third-order valence-electron chi connectivity index (χ3n) is 10.0. The standard InChI is InChI=1S/C56H91NO8/c1-6-8-10-12-14-16-18-20-22-24-25-26-27-28-29-31-33-35-37-39-41-43-45-47-54(59)65-52(51-64-56(55(60)61)62-49-48-57(3,4)5)50-63-53(58)46-44-42-40-38-36-34-32-30-23-21-19-17-15-13-11-9-7-2/h8,10,14-17,20-23,25-26,28-29,33,35,39,41,52,56H,6-7,9,11-13,18-19,24,27,30-32,34,36-38,40,42-51H2,1-5H3/p+1/b10-8-,16-14-,17-15-,22-20-,23-21-,26-25-,29-28-,35-33-,41-39-. The van der Waals surface area contributed by atoms with Gasteiger partial charge in [-0.15, -0.1) is 0 Å². The molecule has 0 saturated heterocycles. The molecule has 0 aliphatic carbocycles. The minimum atomic E-state index is -1.53. The Balaban J connectivity index is 4.52. The Hall–Kier alpha value is -4.05. The van der Waals surface area contributed by atoms with Gasteiger partial charge >= 0.3 is 17.9 Å². The van der Waals surface area contributed by atoms with Gasteiger partial charge < -0.3 is 28.5 Å². The molecule has 0 amide bonds. The fraction of sp³-hybridized carbons (Fsp3) is 0.625. The van der Waals surface area contributed by atoms with Crippen molar-refractivity contribution in [3.05, 3.63) is 109 Å².